The number of halogens is 2. The Kier molecular flexibility index (Phi) is 2.97. The molecule has 3 heterocycles. The van der Waals surface area contributed by atoms with Crippen LogP contribution in [0.15, 0.2) is 12.3 Å². The highest BCUT2D eigenvalue weighted by molar-refractivity contribution is 5.94. The highest BCUT2D eigenvalue weighted by Gasteiger charge is 2.42. The number of ether oxygens (including phenoxy) is 1. The van der Waals surface area contributed by atoms with Crippen LogP contribution in [-0.2, 0) is 4.74 Å². The molecular formula is C13H14F2N2O2. The fraction of sp³-hybridized carbons (Fsp3) is 0.538. The van der Waals surface area contributed by atoms with Crippen LogP contribution in [0.4, 0.5) is 8.78 Å². The second-order valence-electron chi connectivity index (χ2n) is 5.18. The summed E-state index contributed by atoms with van der Waals surface area (Å²) in [6, 6.07) is 0.843. The third-order valence-electron chi connectivity index (χ3n) is 3.76. The first-order chi connectivity index (χ1) is 9.04. The van der Waals surface area contributed by atoms with Gasteiger partial charge in [-0.15, -0.1) is 0 Å². The van der Waals surface area contributed by atoms with Crippen molar-refractivity contribution in [2.75, 3.05) is 13.1 Å². The van der Waals surface area contributed by atoms with Gasteiger partial charge in [-0.3, -0.25) is 4.79 Å². The number of carbonyl (C=O) groups is 1. The van der Waals surface area contributed by atoms with Gasteiger partial charge in [0.2, 0.25) is 5.95 Å². The van der Waals surface area contributed by atoms with Crippen molar-refractivity contribution in [1.29, 1.82) is 0 Å². The van der Waals surface area contributed by atoms with Gasteiger partial charge in [0.1, 0.15) is 0 Å². The Morgan fingerprint density at radius 3 is 3.00 bits per heavy atom. The lowest BCUT2D eigenvalue weighted by molar-refractivity contribution is 0.0441. The van der Waals surface area contributed by atoms with E-state index in [-0.39, 0.29) is 17.8 Å². The van der Waals surface area contributed by atoms with E-state index in [1.54, 1.807) is 0 Å². The van der Waals surface area contributed by atoms with Gasteiger partial charge < -0.3 is 9.64 Å². The van der Waals surface area contributed by atoms with Crippen molar-refractivity contribution in [2.24, 2.45) is 5.92 Å². The maximum absolute atomic E-state index is 13.5. The van der Waals surface area contributed by atoms with Gasteiger partial charge in [0.25, 0.3) is 5.91 Å². The topological polar surface area (TPSA) is 42.4 Å². The number of carbonyl (C=O) groups excluding carboxylic acids is 1. The molecule has 3 rings (SSSR count). The highest BCUT2D eigenvalue weighted by Crippen LogP contribution is 2.33. The predicted molar refractivity (Wildman–Crippen MR) is 62.5 cm³/mol. The molecule has 102 valence electrons. The summed E-state index contributed by atoms with van der Waals surface area (Å²) in [5, 5.41) is 0. The molecule has 2 fully saturated rings. The maximum atomic E-state index is 13.5. The molecule has 2 aliphatic heterocycles. The van der Waals surface area contributed by atoms with E-state index in [1.807, 2.05) is 6.92 Å². The van der Waals surface area contributed by atoms with Gasteiger partial charge in [-0.05, 0) is 13.3 Å². The Morgan fingerprint density at radius 1 is 1.47 bits per heavy atom. The number of likely N-dealkylation sites (tertiary alicyclic amines) is 1. The summed E-state index contributed by atoms with van der Waals surface area (Å²) in [6.07, 6.45) is 1.87. The summed E-state index contributed by atoms with van der Waals surface area (Å²) in [5.74, 6) is -1.84. The molecule has 0 radical (unpaired) electrons. The molecule has 0 saturated carbocycles. The van der Waals surface area contributed by atoms with Crippen LogP contribution >= 0.6 is 0 Å². The summed E-state index contributed by atoms with van der Waals surface area (Å²) in [7, 11) is 0. The first-order valence-corrected chi connectivity index (χ1v) is 6.30. The molecule has 0 aliphatic carbocycles. The van der Waals surface area contributed by atoms with Crippen molar-refractivity contribution < 1.29 is 18.3 Å². The maximum Gasteiger partial charge on any atom is 0.257 e. The van der Waals surface area contributed by atoms with Crippen molar-refractivity contribution in [2.45, 2.75) is 25.6 Å². The molecule has 0 unspecified atom stereocenters. The number of rotatable bonds is 1. The monoisotopic (exact) mass is 268 g/mol. The number of fused-ring (bicyclic) bond motifs is 1. The molecule has 1 amide bonds. The zero-order chi connectivity index (χ0) is 13.6. The van der Waals surface area contributed by atoms with Gasteiger partial charge >= 0.3 is 0 Å². The molecule has 1 aromatic rings. The smallest absolute Gasteiger partial charge is 0.257 e. The van der Waals surface area contributed by atoms with E-state index in [1.165, 1.54) is 4.90 Å². The Morgan fingerprint density at radius 2 is 2.26 bits per heavy atom. The number of pyridine rings is 1. The normalized spacial score (nSPS) is 29.6. The van der Waals surface area contributed by atoms with Crippen LogP contribution in [-0.4, -0.2) is 41.1 Å². The Labute approximate surface area is 109 Å². The number of hydrogen-bond acceptors (Lipinski definition) is 3. The van der Waals surface area contributed by atoms with E-state index >= 15 is 0 Å². The molecular weight excluding hydrogens is 254 g/mol. The van der Waals surface area contributed by atoms with Crippen LogP contribution < -0.4 is 0 Å². The van der Waals surface area contributed by atoms with Gasteiger partial charge in [0.15, 0.2) is 5.82 Å². The number of nitrogens with zero attached hydrogens (tertiary/aromatic N) is 2. The fourth-order valence-corrected chi connectivity index (χ4v) is 2.92. The zero-order valence-electron chi connectivity index (χ0n) is 10.5. The van der Waals surface area contributed by atoms with Crippen molar-refractivity contribution in [3.8, 4) is 0 Å². The van der Waals surface area contributed by atoms with Crippen LogP contribution in [0.1, 0.15) is 23.7 Å². The summed E-state index contributed by atoms with van der Waals surface area (Å²) in [6.45, 7) is 2.98. The molecule has 6 heteroatoms. The predicted octanol–water partition coefficient (Wildman–Crippen LogP) is 1.61. The molecule has 2 saturated heterocycles. The first-order valence-electron chi connectivity index (χ1n) is 6.30. The number of amides is 1. The average Bonchev–Trinajstić information content (AvgIpc) is 2.88. The average molecular weight is 268 g/mol. The van der Waals surface area contributed by atoms with Gasteiger partial charge in [0.05, 0.1) is 24.0 Å². The first kappa shape index (κ1) is 12.5. The molecule has 4 nitrogen and oxygen atoms in total. The Hall–Kier alpha value is -1.56. The summed E-state index contributed by atoms with van der Waals surface area (Å²) in [4.78, 5) is 16.9. The van der Waals surface area contributed by atoms with E-state index in [2.05, 4.69) is 4.98 Å². The molecule has 0 aromatic carbocycles. The highest BCUT2D eigenvalue weighted by atomic mass is 19.1. The third kappa shape index (κ3) is 2.20. The summed E-state index contributed by atoms with van der Waals surface area (Å²) in [5.41, 5.74) is -0.263. The largest absolute Gasteiger partial charge is 0.373 e. The van der Waals surface area contributed by atoms with Crippen LogP contribution in [0.2, 0.25) is 0 Å². The second kappa shape index (κ2) is 4.52. The minimum atomic E-state index is -0.853. The molecule has 0 bridgehead atoms. The lowest BCUT2D eigenvalue weighted by Gasteiger charge is -2.18. The lowest BCUT2D eigenvalue weighted by Crippen LogP contribution is -2.32. The standard InChI is InChI=1S/C13H14F2N2O2/c1-7-2-8-5-17(6-11(8)19-7)13(18)9-3-12(15)16-4-10(9)14/h3-4,7-8,11H,2,5-6H2,1H3/t7-,8+,11-/m0/s1. The van der Waals surface area contributed by atoms with E-state index < -0.39 is 17.7 Å². The third-order valence-corrected chi connectivity index (χ3v) is 3.76. The lowest BCUT2D eigenvalue weighted by atomic mass is 10.0. The van der Waals surface area contributed by atoms with E-state index in [9.17, 15) is 13.6 Å². The van der Waals surface area contributed by atoms with Crippen molar-refractivity contribution in [3.63, 3.8) is 0 Å². The van der Waals surface area contributed by atoms with Gasteiger partial charge in [0, 0.05) is 25.1 Å². The SMILES string of the molecule is C[C@H]1C[C@@H]2CN(C(=O)c3cc(F)ncc3F)C[C@@H]2O1. The van der Waals surface area contributed by atoms with Gasteiger partial charge in [-0.2, -0.15) is 4.39 Å². The second-order valence-corrected chi connectivity index (χ2v) is 5.18. The van der Waals surface area contributed by atoms with Crippen molar-refractivity contribution in [3.05, 3.63) is 29.6 Å². The van der Waals surface area contributed by atoms with Crippen LogP contribution in [0.3, 0.4) is 0 Å². The quantitative estimate of drug-likeness (QED) is 0.727. The molecule has 1 aromatic heterocycles. The molecule has 19 heavy (non-hydrogen) atoms. The van der Waals surface area contributed by atoms with Crippen molar-refractivity contribution in [1.82, 2.24) is 9.88 Å². The number of aromatic nitrogens is 1. The summed E-state index contributed by atoms with van der Waals surface area (Å²) >= 11 is 0. The molecule has 0 N–H and O–H groups in total. The Balaban J connectivity index is 1.77. The minimum absolute atomic E-state index is 0.0219. The van der Waals surface area contributed by atoms with E-state index in [0.717, 1.165) is 18.7 Å². The van der Waals surface area contributed by atoms with E-state index in [4.69, 9.17) is 4.74 Å². The van der Waals surface area contributed by atoms with Crippen LogP contribution in [0.5, 0.6) is 0 Å². The number of hydrogen-bond donors (Lipinski definition) is 0. The Bertz CT molecular complexity index is 509. The van der Waals surface area contributed by atoms with Crippen molar-refractivity contribution >= 4 is 5.91 Å². The summed E-state index contributed by atoms with van der Waals surface area (Å²) < 4.78 is 32.2. The van der Waals surface area contributed by atoms with Gasteiger partial charge in [-0.25, -0.2) is 9.37 Å². The van der Waals surface area contributed by atoms with E-state index in [0.29, 0.717) is 19.0 Å². The van der Waals surface area contributed by atoms with Crippen LogP contribution in [0, 0.1) is 17.7 Å². The van der Waals surface area contributed by atoms with Gasteiger partial charge in [-0.1, -0.05) is 0 Å². The minimum Gasteiger partial charge on any atom is -0.373 e. The molecule has 0 spiro atoms. The zero-order valence-corrected chi connectivity index (χ0v) is 10.5. The molecule has 3 atom stereocenters. The van der Waals surface area contributed by atoms with Crippen LogP contribution in [0.25, 0.3) is 0 Å². The molecule has 2 aliphatic rings. The fourth-order valence-electron chi connectivity index (χ4n) is 2.92.